The van der Waals surface area contributed by atoms with Crippen LogP contribution in [0.4, 0.5) is 5.69 Å². The van der Waals surface area contributed by atoms with Crippen LogP contribution in [0.2, 0.25) is 0 Å². The maximum absolute atomic E-state index is 3.68. The summed E-state index contributed by atoms with van der Waals surface area (Å²) in [5.74, 6) is 0.674. The fourth-order valence-electron chi connectivity index (χ4n) is 2.03. The van der Waals surface area contributed by atoms with Crippen molar-refractivity contribution >= 4 is 21.6 Å². The summed E-state index contributed by atoms with van der Waals surface area (Å²) in [4.78, 5) is 2.30. The van der Waals surface area contributed by atoms with E-state index in [1.165, 1.54) is 22.1 Å². The van der Waals surface area contributed by atoms with Crippen molar-refractivity contribution in [2.45, 2.75) is 33.7 Å². The van der Waals surface area contributed by atoms with Crippen LogP contribution in [-0.2, 0) is 6.54 Å². The molecule has 1 rings (SSSR count). The normalized spacial score (nSPS) is 11.0. The maximum Gasteiger partial charge on any atom is 0.0508 e. The quantitative estimate of drug-likeness (QED) is 0.764. The second-order valence-corrected chi connectivity index (χ2v) is 6.09. The van der Waals surface area contributed by atoms with Crippen molar-refractivity contribution in [2.75, 3.05) is 25.0 Å². The zero-order valence-corrected chi connectivity index (χ0v) is 13.5. The van der Waals surface area contributed by atoms with Crippen molar-refractivity contribution in [3.05, 3.63) is 28.2 Å². The van der Waals surface area contributed by atoms with Gasteiger partial charge in [0.1, 0.15) is 0 Å². The zero-order chi connectivity index (χ0) is 13.5. The lowest BCUT2D eigenvalue weighted by Gasteiger charge is -2.23. The van der Waals surface area contributed by atoms with Gasteiger partial charge < -0.3 is 10.2 Å². The van der Waals surface area contributed by atoms with E-state index in [-0.39, 0.29) is 0 Å². The van der Waals surface area contributed by atoms with Gasteiger partial charge in [0.25, 0.3) is 0 Å². The Labute approximate surface area is 120 Å². The fraction of sp³-hybridized carbons (Fsp3) is 0.600. The average Bonchev–Trinajstić information content (AvgIpc) is 2.28. The molecule has 0 fully saturated rings. The van der Waals surface area contributed by atoms with Crippen LogP contribution in [0.3, 0.4) is 0 Å². The third-order valence-electron chi connectivity index (χ3n) is 2.82. The Morgan fingerprint density at radius 3 is 2.61 bits per heavy atom. The smallest absolute Gasteiger partial charge is 0.0508 e. The molecule has 0 heterocycles. The van der Waals surface area contributed by atoms with Crippen LogP contribution in [0.5, 0.6) is 0 Å². The summed E-state index contributed by atoms with van der Waals surface area (Å²) in [5, 5.41) is 3.43. The van der Waals surface area contributed by atoms with E-state index in [0.29, 0.717) is 5.92 Å². The molecule has 0 spiro atoms. The minimum Gasteiger partial charge on any atom is -0.373 e. The van der Waals surface area contributed by atoms with Crippen LogP contribution < -0.4 is 10.2 Å². The first-order valence-corrected chi connectivity index (χ1v) is 7.54. The van der Waals surface area contributed by atoms with Crippen LogP contribution in [0.15, 0.2) is 22.7 Å². The van der Waals surface area contributed by atoms with Crippen LogP contribution in [-0.4, -0.2) is 20.1 Å². The van der Waals surface area contributed by atoms with Crippen LogP contribution in [0.1, 0.15) is 32.8 Å². The molecule has 102 valence electrons. The Hall–Kier alpha value is -0.540. The van der Waals surface area contributed by atoms with Crippen LogP contribution in [0, 0.1) is 5.92 Å². The molecule has 1 aromatic rings. The van der Waals surface area contributed by atoms with Crippen molar-refractivity contribution in [1.29, 1.82) is 0 Å². The third kappa shape index (κ3) is 4.99. The molecule has 1 N–H and O–H groups in total. The number of nitrogens with zero attached hydrogens (tertiary/aromatic N) is 1. The molecule has 0 unspecified atom stereocenters. The minimum atomic E-state index is 0.674. The van der Waals surface area contributed by atoms with Crippen molar-refractivity contribution in [2.24, 2.45) is 5.92 Å². The van der Waals surface area contributed by atoms with Gasteiger partial charge in [-0.05, 0) is 52.5 Å². The molecule has 0 saturated carbocycles. The molecule has 0 aliphatic heterocycles. The third-order valence-corrected chi connectivity index (χ3v) is 3.45. The van der Waals surface area contributed by atoms with Crippen LogP contribution >= 0.6 is 15.9 Å². The van der Waals surface area contributed by atoms with Crippen LogP contribution in [0.25, 0.3) is 0 Å². The van der Waals surface area contributed by atoms with E-state index in [1.54, 1.807) is 0 Å². The average molecular weight is 313 g/mol. The Morgan fingerprint density at radius 1 is 1.33 bits per heavy atom. The Morgan fingerprint density at radius 2 is 2.06 bits per heavy atom. The highest BCUT2D eigenvalue weighted by Crippen LogP contribution is 2.27. The molecule has 0 bridgehead atoms. The topological polar surface area (TPSA) is 15.3 Å². The minimum absolute atomic E-state index is 0.674. The number of nitrogens with one attached hydrogen (secondary N) is 1. The van der Waals surface area contributed by atoms with E-state index >= 15 is 0 Å². The Bertz CT molecular complexity index is 364. The predicted octanol–water partition coefficient (Wildman–Crippen LogP) is 4.04. The SMILES string of the molecule is CCCNCc1ccc(N(C)CC(C)C)c(Br)c1. The molecule has 0 aliphatic carbocycles. The van der Waals surface area contributed by atoms with E-state index < -0.39 is 0 Å². The predicted molar refractivity (Wildman–Crippen MR) is 84.2 cm³/mol. The maximum atomic E-state index is 3.68. The number of hydrogen-bond acceptors (Lipinski definition) is 2. The molecular weight excluding hydrogens is 288 g/mol. The summed E-state index contributed by atoms with van der Waals surface area (Å²) in [5.41, 5.74) is 2.60. The second kappa shape index (κ2) is 7.80. The van der Waals surface area contributed by atoms with Crippen molar-refractivity contribution in [3.8, 4) is 0 Å². The van der Waals surface area contributed by atoms with E-state index in [1.807, 2.05) is 0 Å². The number of rotatable bonds is 7. The Kier molecular flexibility index (Phi) is 6.72. The molecule has 1 aromatic carbocycles. The molecule has 0 atom stereocenters. The van der Waals surface area contributed by atoms with E-state index in [2.05, 4.69) is 72.2 Å². The lowest BCUT2D eigenvalue weighted by atomic mass is 10.1. The van der Waals surface area contributed by atoms with Gasteiger partial charge in [-0.3, -0.25) is 0 Å². The lowest BCUT2D eigenvalue weighted by Crippen LogP contribution is -2.23. The van der Waals surface area contributed by atoms with Gasteiger partial charge in [-0.15, -0.1) is 0 Å². The summed E-state index contributed by atoms with van der Waals surface area (Å²) in [6, 6.07) is 6.63. The largest absolute Gasteiger partial charge is 0.373 e. The molecule has 0 radical (unpaired) electrons. The van der Waals surface area contributed by atoms with Crippen molar-refractivity contribution < 1.29 is 0 Å². The number of benzene rings is 1. The summed E-state index contributed by atoms with van der Waals surface area (Å²) >= 11 is 3.68. The lowest BCUT2D eigenvalue weighted by molar-refractivity contribution is 0.637. The van der Waals surface area contributed by atoms with Gasteiger partial charge in [0.15, 0.2) is 0 Å². The zero-order valence-electron chi connectivity index (χ0n) is 12.0. The molecule has 3 heteroatoms. The van der Waals surface area contributed by atoms with Gasteiger partial charge in [0.2, 0.25) is 0 Å². The molecule has 18 heavy (non-hydrogen) atoms. The molecule has 0 aromatic heterocycles. The van der Waals surface area contributed by atoms with Crippen molar-refractivity contribution in [3.63, 3.8) is 0 Å². The van der Waals surface area contributed by atoms with E-state index in [0.717, 1.165) is 19.6 Å². The number of hydrogen-bond donors (Lipinski definition) is 1. The van der Waals surface area contributed by atoms with Gasteiger partial charge >= 0.3 is 0 Å². The number of anilines is 1. The summed E-state index contributed by atoms with van der Waals surface area (Å²) in [6.07, 6.45) is 1.18. The standard InChI is InChI=1S/C15H25BrN2/c1-5-8-17-10-13-6-7-15(14(16)9-13)18(4)11-12(2)3/h6-7,9,12,17H,5,8,10-11H2,1-4H3. The fourth-order valence-corrected chi connectivity index (χ4v) is 2.75. The highest BCUT2D eigenvalue weighted by atomic mass is 79.9. The Balaban J connectivity index is 2.67. The molecule has 0 aliphatic rings. The molecule has 2 nitrogen and oxygen atoms in total. The summed E-state index contributed by atoms with van der Waals surface area (Å²) < 4.78 is 1.18. The second-order valence-electron chi connectivity index (χ2n) is 5.24. The first-order valence-electron chi connectivity index (χ1n) is 6.74. The van der Waals surface area contributed by atoms with Crippen molar-refractivity contribution in [1.82, 2.24) is 5.32 Å². The van der Waals surface area contributed by atoms with E-state index in [9.17, 15) is 0 Å². The van der Waals surface area contributed by atoms with Gasteiger partial charge in [-0.2, -0.15) is 0 Å². The van der Waals surface area contributed by atoms with E-state index in [4.69, 9.17) is 0 Å². The molecular formula is C15H25BrN2. The van der Waals surface area contributed by atoms with Gasteiger partial charge in [0.05, 0.1) is 5.69 Å². The highest BCUT2D eigenvalue weighted by Gasteiger charge is 2.08. The van der Waals surface area contributed by atoms with Gasteiger partial charge in [-0.1, -0.05) is 26.8 Å². The van der Waals surface area contributed by atoms with Gasteiger partial charge in [-0.25, -0.2) is 0 Å². The summed E-state index contributed by atoms with van der Waals surface area (Å²) in [7, 11) is 2.15. The highest BCUT2D eigenvalue weighted by molar-refractivity contribution is 9.10. The summed E-state index contributed by atoms with van der Waals surface area (Å²) in [6.45, 7) is 9.77. The monoisotopic (exact) mass is 312 g/mol. The molecule has 0 saturated heterocycles. The number of halogens is 1. The van der Waals surface area contributed by atoms with Gasteiger partial charge in [0, 0.05) is 24.6 Å². The first-order chi connectivity index (χ1) is 8.54. The molecule has 0 amide bonds. The first kappa shape index (κ1) is 15.5.